The zero-order chi connectivity index (χ0) is 8.81. The first-order valence-corrected chi connectivity index (χ1v) is 5.00. The van der Waals surface area contributed by atoms with Crippen molar-refractivity contribution in [2.24, 2.45) is 0 Å². The first kappa shape index (κ1) is 9.48. The summed E-state index contributed by atoms with van der Waals surface area (Å²) in [4.78, 5) is 4.18. The molecule has 0 atom stereocenters. The van der Waals surface area contributed by atoms with Crippen LogP contribution in [0, 0.1) is 0 Å². The van der Waals surface area contributed by atoms with Crippen LogP contribution in [0.5, 0.6) is 0 Å². The molecule has 2 rings (SSSR count). The van der Waals surface area contributed by atoms with Crippen LogP contribution in [0.2, 0.25) is 0 Å². The fourth-order valence-electron chi connectivity index (χ4n) is 1.02. The zero-order valence-corrected chi connectivity index (χ0v) is 9.81. The summed E-state index contributed by atoms with van der Waals surface area (Å²) in [7, 11) is 0. The summed E-state index contributed by atoms with van der Waals surface area (Å²) in [5.74, 6) is 0. The van der Waals surface area contributed by atoms with Gasteiger partial charge in [0, 0.05) is 11.6 Å². The topological polar surface area (TPSA) is 33.1 Å². The number of hydrogen-bond acceptors (Lipinski definition) is 2. The van der Waals surface area contributed by atoms with Gasteiger partial charge in [0.15, 0.2) is 0 Å². The van der Waals surface area contributed by atoms with Crippen LogP contribution in [0.1, 0.15) is 0 Å². The average Bonchev–Trinajstić information content (AvgIpc) is 2.21. The molecule has 12 heavy (non-hydrogen) atoms. The summed E-state index contributed by atoms with van der Waals surface area (Å²) in [6, 6.07) is 12.1. The van der Waals surface area contributed by atoms with E-state index in [1.165, 1.54) is 5.39 Å². The second-order valence-electron chi connectivity index (χ2n) is 2.20. The molecule has 0 saturated heterocycles. The van der Waals surface area contributed by atoms with Gasteiger partial charge in [-0.1, -0.05) is 24.3 Å². The Kier molecular flexibility index (Phi) is 4.03. The van der Waals surface area contributed by atoms with E-state index in [1.807, 2.05) is 30.5 Å². The van der Waals surface area contributed by atoms with E-state index in [0.717, 1.165) is 5.52 Å². The number of nitrogens with zero attached hydrogens (tertiary/aromatic N) is 1. The Balaban J connectivity index is 0.000000336. The fraction of sp³-hybridized carbons (Fsp3) is 0. The number of hydrogen-bond donors (Lipinski definition) is 1. The summed E-state index contributed by atoms with van der Waals surface area (Å²) >= 11 is 0.350. The third-order valence-corrected chi connectivity index (χ3v) is 1.51. The summed E-state index contributed by atoms with van der Waals surface area (Å²) in [5, 5.41) is 1.20. The quantitative estimate of drug-likeness (QED) is 0.722. The van der Waals surface area contributed by atoms with Crippen molar-refractivity contribution in [2.45, 2.75) is 0 Å². The molecule has 1 aromatic heterocycles. The van der Waals surface area contributed by atoms with Gasteiger partial charge < -0.3 is 0 Å². The minimum absolute atomic E-state index is 0.350. The normalized spacial score (nSPS) is 8.83. The van der Waals surface area contributed by atoms with Gasteiger partial charge in [-0.25, -0.2) is 0 Å². The van der Waals surface area contributed by atoms with Gasteiger partial charge in [0.2, 0.25) is 0 Å². The second kappa shape index (κ2) is 5.11. The molecule has 0 spiro atoms. The van der Waals surface area contributed by atoms with Crippen LogP contribution in [-0.4, -0.2) is 31.4 Å². The Morgan fingerprint density at radius 1 is 1.00 bits per heavy atom. The molecule has 1 aromatic carbocycles. The number of para-hydroxylation sites is 1. The predicted octanol–water partition coefficient (Wildman–Crippen LogP) is 1.03. The fourth-order valence-corrected chi connectivity index (χ4v) is 1.02. The zero-order valence-electron chi connectivity index (χ0n) is 6.51. The molecule has 0 aliphatic heterocycles. The smallest absolute Gasteiger partial charge is 0.0701 e. The van der Waals surface area contributed by atoms with Gasteiger partial charge in [0.1, 0.15) is 0 Å². The van der Waals surface area contributed by atoms with Gasteiger partial charge in [-0.3, -0.25) is 4.98 Å². The van der Waals surface area contributed by atoms with Crippen molar-refractivity contribution in [2.75, 3.05) is 0 Å². The van der Waals surface area contributed by atoms with E-state index in [1.54, 1.807) is 0 Å². The van der Waals surface area contributed by atoms with Crippen LogP contribution >= 0.6 is 0 Å². The van der Waals surface area contributed by atoms with Crippen LogP contribution in [0.3, 0.4) is 0 Å². The third kappa shape index (κ3) is 2.19. The maximum absolute atomic E-state index is 7.13. The van der Waals surface area contributed by atoms with Gasteiger partial charge in [0.25, 0.3) is 0 Å². The molecular formula is C9H9NOSn. The molecule has 2 radical (unpaired) electrons. The molecule has 0 saturated carbocycles. The van der Waals surface area contributed by atoms with Crippen molar-refractivity contribution >= 4 is 33.8 Å². The van der Waals surface area contributed by atoms with Crippen LogP contribution in [0.25, 0.3) is 10.9 Å². The van der Waals surface area contributed by atoms with E-state index in [-0.39, 0.29) is 0 Å². The Morgan fingerprint density at radius 3 is 2.42 bits per heavy atom. The first-order chi connectivity index (χ1) is 5.97. The van der Waals surface area contributed by atoms with E-state index < -0.39 is 0 Å². The molecule has 2 nitrogen and oxygen atoms in total. The predicted molar refractivity (Wildman–Crippen MR) is 51.1 cm³/mol. The van der Waals surface area contributed by atoms with Crippen LogP contribution in [0.4, 0.5) is 0 Å². The summed E-state index contributed by atoms with van der Waals surface area (Å²) in [6.45, 7) is 0. The van der Waals surface area contributed by atoms with Crippen molar-refractivity contribution in [3.8, 4) is 0 Å². The molecule has 1 heterocycles. The van der Waals surface area contributed by atoms with Crippen molar-refractivity contribution in [1.29, 1.82) is 0 Å². The minimum Gasteiger partial charge on any atom is -0.256 e. The number of rotatable bonds is 0. The first-order valence-electron chi connectivity index (χ1n) is 3.52. The molecule has 1 N–H and O–H groups in total. The molecular weight excluding hydrogens is 257 g/mol. The largest absolute Gasteiger partial charge is 0.256 e. The van der Waals surface area contributed by atoms with Gasteiger partial charge in [-0.2, -0.15) is 0 Å². The number of benzene rings is 1. The molecule has 0 aliphatic carbocycles. The molecule has 2 aromatic rings. The minimum atomic E-state index is 0.350. The molecule has 0 unspecified atom stereocenters. The van der Waals surface area contributed by atoms with Crippen molar-refractivity contribution in [3.05, 3.63) is 42.6 Å². The van der Waals surface area contributed by atoms with E-state index in [2.05, 4.69) is 17.1 Å². The Bertz CT molecular complexity index is 286. The number of fused-ring (bicyclic) bond motifs is 1. The van der Waals surface area contributed by atoms with E-state index in [4.69, 9.17) is 3.44 Å². The van der Waals surface area contributed by atoms with E-state index >= 15 is 0 Å². The molecule has 0 amide bonds. The van der Waals surface area contributed by atoms with Gasteiger partial charge in [0.05, 0.1) is 5.52 Å². The van der Waals surface area contributed by atoms with Gasteiger partial charge in [-0.15, -0.1) is 0 Å². The molecule has 0 aliphatic rings. The Hall–Kier alpha value is -0.611. The SMILES string of the molecule is [OH][SnH].c1ccc2ncccc2c1. The Labute approximate surface area is 84.9 Å². The molecule has 0 fully saturated rings. The van der Waals surface area contributed by atoms with Gasteiger partial charge in [-0.05, 0) is 12.1 Å². The van der Waals surface area contributed by atoms with E-state index in [0.29, 0.717) is 22.9 Å². The number of pyridine rings is 1. The summed E-state index contributed by atoms with van der Waals surface area (Å²) < 4.78 is 7.13. The van der Waals surface area contributed by atoms with Crippen LogP contribution < -0.4 is 0 Å². The standard InChI is InChI=1S/C9H7N.H2O.Sn.H/c1-2-6-9-8(4-1)5-3-7-10-9;;;/h1-7H;1H2;;/q;;+1;/p-1. The molecule has 0 bridgehead atoms. The maximum atomic E-state index is 7.13. The average molecular weight is 266 g/mol. The van der Waals surface area contributed by atoms with E-state index in [9.17, 15) is 0 Å². The molecule has 3 heteroatoms. The maximum Gasteiger partial charge on any atom is 0.0701 e. The molecule has 60 valence electrons. The summed E-state index contributed by atoms with van der Waals surface area (Å²) in [6.07, 6.45) is 1.81. The Morgan fingerprint density at radius 2 is 1.67 bits per heavy atom. The van der Waals surface area contributed by atoms with Gasteiger partial charge >= 0.3 is 26.4 Å². The second-order valence-corrected chi connectivity index (χ2v) is 2.20. The monoisotopic (exact) mass is 267 g/mol. The summed E-state index contributed by atoms with van der Waals surface area (Å²) in [5.41, 5.74) is 1.06. The number of aromatic nitrogens is 1. The van der Waals surface area contributed by atoms with Crippen molar-refractivity contribution in [1.82, 2.24) is 4.98 Å². The van der Waals surface area contributed by atoms with Crippen LogP contribution in [-0.2, 0) is 0 Å². The van der Waals surface area contributed by atoms with Crippen molar-refractivity contribution in [3.63, 3.8) is 0 Å². The van der Waals surface area contributed by atoms with Crippen LogP contribution in [0.15, 0.2) is 42.6 Å². The van der Waals surface area contributed by atoms with Crippen molar-refractivity contribution < 1.29 is 3.44 Å². The third-order valence-electron chi connectivity index (χ3n) is 1.51.